The Balaban J connectivity index is 2.01. The van der Waals surface area contributed by atoms with Crippen molar-refractivity contribution in [2.45, 2.75) is 27.3 Å². The minimum Gasteiger partial charge on any atom is -0.379 e. The van der Waals surface area contributed by atoms with Crippen LogP contribution in [0.4, 0.5) is 10.8 Å². The molecule has 0 aliphatic carbocycles. The highest BCUT2D eigenvalue weighted by Crippen LogP contribution is 2.21. The molecule has 1 aromatic carbocycles. The standard InChI is InChI=1S/C15H19N3OS/c1-4-18(12(3)19)15-17-14(10-20-15)9-16-13-7-5-6-11(2)8-13/h5-8,10,16H,4,9H2,1-3H3. The van der Waals surface area contributed by atoms with Gasteiger partial charge >= 0.3 is 0 Å². The van der Waals surface area contributed by atoms with E-state index in [2.05, 4.69) is 29.4 Å². The largest absolute Gasteiger partial charge is 0.379 e. The molecule has 2 aromatic rings. The lowest BCUT2D eigenvalue weighted by Gasteiger charge is -2.14. The number of carbonyl (C=O) groups excluding carboxylic acids is 1. The minimum absolute atomic E-state index is 0.0278. The predicted molar refractivity (Wildman–Crippen MR) is 84.3 cm³/mol. The zero-order valence-corrected chi connectivity index (χ0v) is 12.8. The molecular formula is C15H19N3OS. The van der Waals surface area contributed by atoms with Crippen LogP contribution < -0.4 is 10.2 Å². The van der Waals surface area contributed by atoms with E-state index in [1.54, 1.807) is 11.8 Å². The predicted octanol–water partition coefficient (Wildman–Crippen LogP) is 3.44. The van der Waals surface area contributed by atoms with Crippen molar-refractivity contribution in [3.05, 3.63) is 40.9 Å². The Labute approximate surface area is 123 Å². The number of amides is 1. The van der Waals surface area contributed by atoms with E-state index in [4.69, 9.17) is 0 Å². The molecule has 1 N–H and O–H groups in total. The van der Waals surface area contributed by atoms with Gasteiger partial charge in [0, 0.05) is 24.5 Å². The topological polar surface area (TPSA) is 45.2 Å². The van der Waals surface area contributed by atoms with E-state index >= 15 is 0 Å². The van der Waals surface area contributed by atoms with Gasteiger partial charge in [0.15, 0.2) is 5.13 Å². The molecule has 0 saturated heterocycles. The average molecular weight is 289 g/mol. The van der Waals surface area contributed by atoms with Crippen LogP contribution in [0.3, 0.4) is 0 Å². The Morgan fingerprint density at radius 1 is 1.45 bits per heavy atom. The molecule has 0 radical (unpaired) electrons. The van der Waals surface area contributed by atoms with Crippen molar-refractivity contribution in [2.75, 3.05) is 16.8 Å². The highest BCUT2D eigenvalue weighted by atomic mass is 32.1. The molecule has 1 aromatic heterocycles. The summed E-state index contributed by atoms with van der Waals surface area (Å²) >= 11 is 1.50. The SMILES string of the molecule is CCN(C(C)=O)c1nc(CNc2cccc(C)c2)cs1. The number of hydrogen-bond donors (Lipinski definition) is 1. The fourth-order valence-electron chi connectivity index (χ4n) is 1.94. The molecule has 5 heteroatoms. The first-order valence-electron chi connectivity index (χ1n) is 6.63. The molecule has 1 amide bonds. The van der Waals surface area contributed by atoms with Crippen molar-refractivity contribution in [2.24, 2.45) is 0 Å². The second-order valence-corrected chi connectivity index (χ2v) is 5.44. The quantitative estimate of drug-likeness (QED) is 0.917. The fourth-order valence-corrected chi connectivity index (χ4v) is 2.87. The van der Waals surface area contributed by atoms with Crippen LogP contribution in [0.1, 0.15) is 25.1 Å². The third-order valence-electron chi connectivity index (χ3n) is 2.96. The van der Waals surface area contributed by atoms with Gasteiger partial charge in [0.2, 0.25) is 5.91 Å². The van der Waals surface area contributed by atoms with Crippen molar-refractivity contribution >= 4 is 28.1 Å². The van der Waals surface area contributed by atoms with E-state index in [0.29, 0.717) is 13.1 Å². The first kappa shape index (κ1) is 14.5. The summed E-state index contributed by atoms with van der Waals surface area (Å²) in [6.45, 7) is 6.89. The van der Waals surface area contributed by atoms with Crippen LogP contribution in [0, 0.1) is 6.92 Å². The van der Waals surface area contributed by atoms with E-state index in [9.17, 15) is 4.79 Å². The van der Waals surface area contributed by atoms with Gasteiger partial charge in [-0.3, -0.25) is 9.69 Å². The second kappa shape index (κ2) is 6.52. The summed E-state index contributed by atoms with van der Waals surface area (Å²) in [6, 6.07) is 8.23. The molecule has 0 fully saturated rings. The smallest absolute Gasteiger partial charge is 0.225 e. The lowest BCUT2D eigenvalue weighted by molar-refractivity contribution is -0.116. The molecule has 0 saturated carbocycles. The van der Waals surface area contributed by atoms with Crippen molar-refractivity contribution < 1.29 is 4.79 Å². The fraction of sp³-hybridized carbons (Fsp3) is 0.333. The number of aryl methyl sites for hydroxylation is 1. The molecule has 0 unspecified atom stereocenters. The van der Waals surface area contributed by atoms with E-state index in [1.807, 2.05) is 24.4 Å². The Morgan fingerprint density at radius 3 is 2.90 bits per heavy atom. The van der Waals surface area contributed by atoms with Gasteiger partial charge in [0.25, 0.3) is 0 Å². The molecule has 0 bridgehead atoms. The van der Waals surface area contributed by atoms with Gasteiger partial charge in [-0.25, -0.2) is 4.98 Å². The van der Waals surface area contributed by atoms with Gasteiger partial charge < -0.3 is 5.32 Å². The van der Waals surface area contributed by atoms with Crippen molar-refractivity contribution in [1.29, 1.82) is 0 Å². The molecule has 0 aliphatic heterocycles. The number of nitrogens with one attached hydrogen (secondary N) is 1. The normalized spacial score (nSPS) is 10.3. The van der Waals surface area contributed by atoms with Gasteiger partial charge in [-0.05, 0) is 31.5 Å². The zero-order valence-electron chi connectivity index (χ0n) is 12.0. The maximum Gasteiger partial charge on any atom is 0.225 e. The Hall–Kier alpha value is -1.88. The van der Waals surface area contributed by atoms with Crippen LogP contribution in [-0.2, 0) is 11.3 Å². The highest BCUT2D eigenvalue weighted by molar-refractivity contribution is 7.14. The second-order valence-electron chi connectivity index (χ2n) is 4.61. The summed E-state index contributed by atoms with van der Waals surface area (Å²) in [5, 5.41) is 6.10. The minimum atomic E-state index is 0.0278. The van der Waals surface area contributed by atoms with Crippen molar-refractivity contribution in [3.63, 3.8) is 0 Å². The van der Waals surface area contributed by atoms with Crippen LogP contribution in [0.5, 0.6) is 0 Å². The van der Waals surface area contributed by atoms with E-state index < -0.39 is 0 Å². The molecule has 0 atom stereocenters. The third kappa shape index (κ3) is 3.57. The number of aromatic nitrogens is 1. The van der Waals surface area contributed by atoms with Crippen LogP contribution in [0.25, 0.3) is 0 Å². The summed E-state index contributed by atoms with van der Waals surface area (Å²) in [6.07, 6.45) is 0. The van der Waals surface area contributed by atoms with Crippen LogP contribution in [0.2, 0.25) is 0 Å². The number of carbonyl (C=O) groups is 1. The van der Waals surface area contributed by atoms with Crippen LogP contribution in [-0.4, -0.2) is 17.4 Å². The summed E-state index contributed by atoms with van der Waals surface area (Å²) in [5.74, 6) is 0.0278. The molecule has 2 rings (SSSR count). The Bertz CT molecular complexity index is 594. The Kier molecular flexibility index (Phi) is 4.74. The molecule has 106 valence electrons. The third-order valence-corrected chi connectivity index (χ3v) is 3.87. The molecule has 4 nitrogen and oxygen atoms in total. The first-order chi connectivity index (χ1) is 9.60. The van der Waals surface area contributed by atoms with Gasteiger partial charge in [-0.2, -0.15) is 0 Å². The number of benzene rings is 1. The summed E-state index contributed by atoms with van der Waals surface area (Å²) in [4.78, 5) is 17.7. The summed E-state index contributed by atoms with van der Waals surface area (Å²) in [7, 11) is 0. The highest BCUT2D eigenvalue weighted by Gasteiger charge is 2.13. The Morgan fingerprint density at radius 2 is 2.25 bits per heavy atom. The van der Waals surface area contributed by atoms with E-state index in [0.717, 1.165) is 16.5 Å². The van der Waals surface area contributed by atoms with Crippen molar-refractivity contribution in [3.8, 4) is 0 Å². The first-order valence-corrected chi connectivity index (χ1v) is 7.51. The molecule has 20 heavy (non-hydrogen) atoms. The number of rotatable bonds is 5. The lowest BCUT2D eigenvalue weighted by atomic mass is 10.2. The lowest BCUT2D eigenvalue weighted by Crippen LogP contribution is -2.27. The number of anilines is 2. The number of nitrogens with zero attached hydrogens (tertiary/aromatic N) is 2. The van der Waals surface area contributed by atoms with Gasteiger partial charge in [0.05, 0.1) is 12.2 Å². The maximum absolute atomic E-state index is 11.5. The van der Waals surface area contributed by atoms with E-state index in [1.165, 1.54) is 16.9 Å². The van der Waals surface area contributed by atoms with E-state index in [-0.39, 0.29) is 5.91 Å². The van der Waals surface area contributed by atoms with Gasteiger partial charge in [0.1, 0.15) is 0 Å². The zero-order chi connectivity index (χ0) is 14.5. The van der Waals surface area contributed by atoms with Crippen LogP contribution in [0.15, 0.2) is 29.6 Å². The van der Waals surface area contributed by atoms with Gasteiger partial charge in [-0.15, -0.1) is 11.3 Å². The molecular weight excluding hydrogens is 270 g/mol. The average Bonchev–Trinajstić information content (AvgIpc) is 2.85. The summed E-state index contributed by atoms with van der Waals surface area (Å²) < 4.78 is 0. The monoisotopic (exact) mass is 289 g/mol. The number of thiazole rings is 1. The maximum atomic E-state index is 11.5. The summed E-state index contributed by atoms with van der Waals surface area (Å²) in [5.41, 5.74) is 3.26. The molecule has 1 heterocycles. The van der Waals surface area contributed by atoms with Crippen LogP contribution >= 0.6 is 11.3 Å². The van der Waals surface area contributed by atoms with Gasteiger partial charge in [-0.1, -0.05) is 12.1 Å². The molecule has 0 spiro atoms. The number of hydrogen-bond acceptors (Lipinski definition) is 4. The van der Waals surface area contributed by atoms with Crippen molar-refractivity contribution in [1.82, 2.24) is 4.98 Å². The molecule has 0 aliphatic rings.